The van der Waals surface area contributed by atoms with E-state index in [1.54, 1.807) is 12.1 Å². The van der Waals surface area contributed by atoms with Gasteiger partial charge in [0.1, 0.15) is 0 Å². The molecule has 0 aromatic heterocycles. The summed E-state index contributed by atoms with van der Waals surface area (Å²) in [5.41, 5.74) is 7.92. The molecule has 33 heavy (non-hydrogen) atoms. The molecule has 1 N–H and O–H groups in total. The molecule has 3 heteroatoms. The number of carboxylic acids is 1. The summed E-state index contributed by atoms with van der Waals surface area (Å²) in [5, 5.41) is 9.22. The number of hydrogen-bond acceptors (Lipinski definition) is 1. The minimum Gasteiger partial charge on any atom is -0.478 e. The molecule has 0 radical (unpaired) electrons. The molecule has 170 valence electrons. The van der Waals surface area contributed by atoms with Crippen LogP contribution in [-0.2, 0) is 5.41 Å². The van der Waals surface area contributed by atoms with Gasteiger partial charge in [0.15, 0.2) is 0 Å². The van der Waals surface area contributed by atoms with Crippen molar-refractivity contribution in [3.05, 3.63) is 112 Å². The lowest BCUT2D eigenvalue weighted by atomic mass is 9.72. The largest absolute Gasteiger partial charge is 0.478 e. The first kappa shape index (κ1) is 23.1. The van der Waals surface area contributed by atoms with Gasteiger partial charge >= 0.3 is 5.97 Å². The minimum absolute atomic E-state index is 0.0945. The quantitative estimate of drug-likeness (QED) is 0.400. The van der Waals surface area contributed by atoms with Crippen LogP contribution in [-0.4, -0.2) is 29.8 Å². The lowest BCUT2D eigenvalue weighted by molar-refractivity contribution is 0.0697. The average molecular weight is 457 g/mol. The van der Waals surface area contributed by atoms with Crippen molar-refractivity contribution in [2.75, 3.05) is 18.8 Å². The van der Waals surface area contributed by atoms with E-state index in [2.05, 4.69) is 93.3 Å². The van der Waals surface area contributed by atoms with Crippen LogP contribution in [0.15, 0.2) is 78.9 Å². The highest BCUT2D eigenvalue weighted by molar-refractivity contribution is 8.39. The summed E-state index contributed by atoms with van der Waals surface area (Å²) in [6.45, 7) is 4.64. The van der Waals surface area contributed by atoms with Gasteiger partial charge in [-0.2, -0.15) is 0 Å². The third kappa shape index (κ3) is 4.84. The molecule has 0 saturated heterocycles. The fraction of sp³-hybridized carbons (Fsp3) is 0.233. The van der Waals surface area contributed by atoms with Crippen LogP contribution in [0.25, 0.3) is 16.6 Å². The predicted octanol–water partition coefficient (Wildman–Crippen LogP) is 7.69. The van der Waals surface area contributed by atoms with E-state index in [1.807, 2.05) is 12.1 Å². The number of carbonyl (C=O) groups is 1. The van der Waals surface area contributed by atoms with E-state index in [4.69, 9.17) is 0 Å². The van der Waals surface area contributed by atoms with Crippen LogP contribution in [0.5, 0.6) is 0 Å². The molecule has 0 bridgehead atoms. The highest BCUT2D eigenvalue weighted by Gasteiger charge is 2.29. The Morgan fingerprint density at radius 2 is 1.55 bits per heavy atom. The van der Waals surface area contributed by atoms with Gasteiger partial charge in [0.05, 0.1) is 5.56 Å². The van der Waals surface area contributed by atoms with Crippen molar-refractivity contribution >= 4 is 32.6 Å². The Morgan fingerprint density at radius 1 is 0.909 bits per heavy atom. The molecule has 3 aromatic carbocycles. The Hall–Kier alpha value is -3.04. The van der Waals surface area contributed by atoms with Crippen LogP contribution in [0.4, 0.5) is 0 Å². The lowest BCUT2D eigenvalue weighted by Crippen LogP contribution is -2.22. The van der Waals surface area contributed by atoms with E-state index >= 15 is 0 Å². The molecule has 0 spiro atoms. The average Bonchev–Trinajstić information content (AvgIpc) is 2.77. The molecular weight excluding hydrogens is 424 g/mol. The maximum atomic E-state index is 11.2. The van der Waals surface area contributed by atoms with Crippen LogP contribution in [0.2, 0.25) is 0 Å². The molecular formula is C30H32O2S. The molecule has 0 heterocycles. The van der Waals surface area contributed by atoms with Crippen molar-refractivity contribution in [2.45, 2.75) is 25.7 Å². The normalized spacial score (nSPS) is 16.0. The molecule has 0 atom stereocenters. The van der Waals surface area contributed by atoms with E-state index < -0.39 is 16.0 Å². The number of rotatable bonds is 5. The van der Waals surface area contributed by atoms with Crippen molar-refractivity contribution in [2.24, 2.45) is 0 Å². The van der Waals surface area contributed by atoms with E-state index in [0.29, 0.717) is 5.56 Å². The van der Waals surface area contributed by atoms with Gasteiger partial charge in [-0.1, -0.05) is 74.5 Å². The number of hydrogen-bond donors (Lipinski definition) is 1. The van der Waals surface area contributed by atoms with Crippen LogP contribution < -0.4 is 0 Å². The number of fused-ring (bicyclic) bond motifs is 1. The lowest BCUT2D eigenvalue weighted by Gasteiger charge is -2.35. The van der Waals surface area contributed by atoms with Crippen molar-refractivity contribution in [3.8, 4) is 0 Å². The smallest absolute Gasteiger partial charge is 0.335 e. The Balaban J connectivity index is 1.85. The molecule has 0 unspecified atom stereocenters. The molecule has 2 nitrogen and oxygen atoms in total. The van der Waals surface area contributed by atoms with Crippen molar-refractivity contribution in [1.29, 1.82) is 0 Å². The Labute approximate surface area is 199 Å². The number of benzene rings is 3. The molecule has 1 aliphatic carbocycles. The van der Waals surface area contributed by atoms with E-state index in [1.165, 1.54) is 32.7 Å². The van der Waals surface area contributed by atoms with E-state index in [9.17, 15) is 9.90 Å². The molecule has 3 aromatic rings. The van der Waals surface area contributed by atoms with Gasteiger partial charge in [-0.15, -0.1) is 0 Å². The highest BCUT2D eigenvalue weighted by atomic mass is 32.3. The molecule has 0 fully saturated rings. The molecule has 1 aliphatic rings. The summed E-state index contributed by atoms with van der Waals surface area (Å²) in [6.07, 6.45) is 12.6. The predicted molar refractivity (Wildman–Crippen MR) is 144 cm³/mol. The van der Waals surface area contributed by atoms with Crippen LogP contribution in [0, 0.1) is 0 Å². The van der Waals surface area contributed by atoms with Crippen LogP contribution in [0.1, 0.15) is 58.4 Å². The first-order valence-electron chi connectivity index (χ1n) is 11.2. The van der Waals surface area contributed by atoms with Crippen molar-refractivity contribution in [3.63, 3.8) is 0 Å². The maximum Gasteiger partial charge on any atom is 0.335 e. The van der Waals surface area contributed by atoms with Crippen molar-refractivity contribution in [1.82, 2.24) is 0 Å². The second kappa shape index (κ2) is 8.72. The number of aromatic carboxylic acids is 1. The van der Waals surface area contributed by atoms with Gasteiger partial charge in [-0.3, -0.25) is 0 Å². The molecule has 4 rings (SSSR count). The molecule has 0 aliphatic heterocycles. The summed E-state index contributed by atoms with van der Waals surface area (Å²) >= 11 is 0. The van der Waals surface area contributed by atoms with Gasteiger partial charge < -0.3 is 5.11 Å². The van der Waals surface area contributed by atoms with Crippen molar-refractivity contribution < 1.29 is 9.90 Å². The summed E-state index contributed by atoms with van der Waals surface area (Å²) in [5.74, 6) is -0.898. The number of allylic oxidation sites excluding steroid dienone is 1. The standard InChI is InChI=1S/C30H32O2S/c1-30(2)18-17-25(22-9-7-6-8-10-22)26-20-24(15-16-27(26)30)28(33(3,4)5)19-21-11-13-23(14-12-21)29(31)32/h6-17,19-20H,18H2,1-5H3,(H,31,32)/b28-19-. The van der Waals surface area contributed by atoms with Crippen LogP contribution in [0.3, 0.4) is 0 Å². The third-order valence-electron chi connectivity index (χ3n) is 6.34. The van der Waals surface area contributed by atoms with Gasteiger partial charge in [-0.05, 0) is 93.2 Å². The number of carboxylic acid groups (broad SMARTS) is 1. The monoisotopic (exact) mass is 456 g/mol. The fourth-order valence-electron chi connectivity index (χ4n) is 4.47. The van der Waals surface area contributed by atoms with Gasteiger partial charge in [0.2, 0.25) is 0 Å². The van der Waals surface area contributed by atoms with E-state index in [0.717, 1.165) is 12.0 Å². The minimum atomic E-state index is -1.05. The second-order valence-electron chi connectivity index (χ2n) is 10.1. The fourth-order valence-corrected chi connectivity index (χ4v) is 5.79. The summed E-state index contributed by atoms with van der Waals surface area (Å²) in [6, 6.07) is 24.7. The maximum absolute atomic E-state index is 11.2. The molecule has 0 saturated carbocycles. The summed E-state index contributed by atoms with van der Waals surface area (Å²) in [7, 11) is -1.05. The Bertz CT molecular complexity index is 1240. The SMILES string of the molecule is CC1(C)CC=C(c2ccccc2)c2cc(/C(=C/c3ccc(C(=O)O)cc3)S(C)(C)C)ccc21. The second-order valence-corrected chi connectivity index (χ2v) is 14.2. The molecule has 0 amide bonds. The zero-order chi connectivity index (χ0) is 23.8. The zero-order valence-corrected chi connectivity index (χ0v) is 20.9. The van der Waals surface area contributed by atoms with Crippen LogP contribution >= 0.6 is 10.0 Å². The Morgan fingerprint density at radius 3 is 2.15 bits per heavy atom. The zero-order valence-electron chi connectivity index (χ0n) is 20.1. The van der Waals surface area contributed by atoms with Gasteiger partial charge in [-0.25, -0.2) is 14.8 Å². The van der Waals surface area contributed by atoms with E-state index in [-0.39, 0.29) is 5.41 Å². The highest BCUT2D eigenvalue weighted by Crippen LogP contribution is 2.53. The first-order valence-corrected chi connectivity index (χ1v) is 14.1. The first-order chi connectivity index (χ1) is 15.6. The third-order valence-corrected chi connectivity index (χ3v) is 8.01. The topological polar surface area (TPSA) is 37.3 Å². The summed E-state index contributed by atoms with van der Waals surface area (Å²) in [4.78, 5) is 12.5. The Kier molecular flexibility index (Phi) is 6.11. The van der Waals surface area contributed by atoms with Gasteiger partial charge in [0.25, 0.3) is 0 Å². The van der Waals surface area contributed by atoms with Gasteiger partial charge in [0, 0.05) is 0 Å². The summed E-state index contributed by atoms with van der Waals surface area (Å²) < 4.78 is 0.